The van der Waals surface area contributed by atoms with E-state index in [1.54, 1.807) is 51.1 Å². The Morgan fingerprint density at radius 1 is 1.02 bits per heavy atom. The summed E-state index contributed by atoms with van der Waals surface area (Å²) in [6.45, 7) is 11.3. The molecule has 3 aromatic rings. The van der Waals surface area contributed by atoms with Crippen LogP contribution in [0.3, 0.4) is 0 Å². The number of halogens is 3. The van der Waals surface area contributed by atoms with E-state index < -0.39 is 23.9 Å². The molecule has 226 valence electrons. The molecular formula is C30H36F3N5O4. The van der Waals surface area contributed by atoms with Crippen LogP contribution in [-0.2, 0) is 9.59 Å². The van der Waals surface area contributed by atoms with E-state index in [2.05, 4.69) is 15.6 Å². The number of nitrogens with one attached hydrogen (secondary N) is 2. The standard InChI is InChI=1S/C30H36F3N5O4/c1-7-37(8-2)26-14-19(5)27(20(6)35-26)38(29(41)30(31,32)33)24-15-23(34-17-42-21-12-10-9-11-13-21)25(39)16-22(24)36-28(40)18(3)4/h9-16,18,34,39H,7-8,17H2,1-6H3,(H,36,40). The normalized spacial score (nSPS) is 11.3. The van der Waals surface area contributed by atoms with Crippen molar-refractivity contribution in [1.82, 2.24) is 4.98 Å². The first-order chi connectivity index (χ1) is 19.8. The highest BCUT2D eigenvalue weighted by Gasteiger charge is 2.45. The van der Waals surface area contributed by atoms with Crippen LogP contribution in [0.15, 0.2) is 48.5 Å². The zero-order valence-corrected chi connectivity index (χ0v) is 24.5. The summed E-state index contributed by atoms with van der Waals surface area (Å²) in [5, 5.41) is 16.2. The van der Waals surface area contributed by atoms with Crippen molar-refractivity contribution >= 4 is 40.4 Å². The van der Waals surface area contributed by atoms with E-state index in [4.69, 9.17) is 4.74 Å². The summed E-state index contributed by atoms with van der Waals surface area (Å²) in [5.41, 5.74) is -0.0828. The predicted molar refractivity (Wildman–Crippen MR) is 158 cm³/mol. The second kappa shape index (κ2) is 13.5. The van der Waals surface area contributed by atoms with E-state index in [0.717, 1.165) is 6.07 Å². The number of carbonyl (C=O) groups is 2. The molecule has 0 aliphatic heterocycles. The van der Waals surface area contributed by atoms with Crippen LogP contribution in [0.25, 0.3) is 0 Å². The van der Waals surface area contributed by atoms with Gasteiger partial charge in [0.1, 0.15) is 17.3 Å². The van der Waals surface area contributed by atoms with Gasteiger partial charge in [-0.1, -0.05) is 32.0 Å². The number of hydrogen-bond donors (Lipinski definition) is 3. The van der Waals surface area contributed by atoms with Crippen LogP contribution >= 0.6 is 0 Å². The molecule has 0 spiro atoms. The Hall–Kier alpha value is -4.48. The van der Waals surface area contributed by atoms with Gasteiger partial charge in [0.05, 0.1) is 28.4 Å². The highest BCUT2D eigenvalue weighted by atomic mass is 19.4. The van der Waals surface area contributed by atoms with Crippen molar-refractivity contribution in [3.8, 4) is 11.5 Å². The second-order valence-corrected chi connectivity index (χ2v) is 9.85. The number of phenols is 1. The molecule has 0 bridgehead atoms. The fourth-order valence-electron chi connectivity index (χ4n) is 4.30. The van der Waals surface area contributed by atoms with E-state index >= 15 is 0 Å². The molecule has 0 aliphatic rings. The summed E-state index contributed by atoms with van der Waals surface area (Å²) in [4.78, 5) is 32.7. The van der Waals surface area contributed by atoms with E-state index in [9.17, 15) is 27.9 Å². The Kier molecular flexibility index (Phi) is 10.3. The number of aromatic hydroxyl groups is 1. The van der Waals surface area contributed by atoms with Crippen molar-refractivity contribution in [2.75, 3.05) is 40.3 Å². The lowest BCUT2D eigenvalue weighted by molar-refractivity contribution is -0.169. The first-order valence-corrected chi connectivity index (χ1v) is 13.5. The van der Waals surface area contributed by atoms with Gasteiger partial charge in [-0.2, -0.15) is 13.2 Å². The number of benzene rings is 2. The van der Waals surface area contributed by atoms with Gasteiger partial charge in [-0.15, -0.1) is 0 Å². The maximum Gasteiger partial charge on any atom is 0.472 e. The number of para-hydroxylation sites is 1. The number of anilines is 5. The lowest BCUT2D eigenvalue weighted by Crippen LogP contribution is -2.39. The summed E-state index contributed by atoms with van der Waals surface area (Å²) in [6.07, 6.45) is -5.28. The third-order valence-corrected chi connectivity index (χ3v) is 6.48. The Morgan fingerprint density at radius 3 is 2.21 bits per heavy atom. The first kappa shape index (κ1) is 32.0. The molecule has 3 rings (SSSR count). The quantitative estimate of drug-likeness (QED) is 0.173. The van der Waals surface area contributed by atoms with Crippen molar-refractivity contribution in [2.45, 2.75) is 47.7 Å². The number of amides is 2. The maximum atomic E-state index is 14.2. The zero-order valence-electron chi connectivity index (χ0n) is 24.5. The van der Waals surface area contributed by atoms with Crippen molar-refractivity contribution in [2.24, 2.45) is 5.92 Å². The molecule has 1 aromatic heterocycles. The summed E-state index contributed by atoms with van der Waals surface area (Å²) >= 11 is 0. The van der Waals surface area contributed by atoms with Crippen LogP contribution in [-0.4, -0.2) is 47.9 Å². The van der Waals surface area contributed by atoms with Gasteiger partial charge in [-0.25, -0.2) is 4.98 Å². The lowest BCUT2D eigenvalue weighted by Gasteiger charge is -2.30. The molecule has 3 N–H and O–H groups in total. The predicted octanol–water partition coefficient (Wildman–Crippen LogP) is 6.52. The van der Waals surface area contributed by atoms with E-state index in [1.807, 2.05) is 24.8 Å². The summed E-state index contributed by atoms with van der Waals surface area (Å²) in [7, 11) is 0. The topological polar surface area (TPSA) is 107 Å². The number of carbonyl (C=O) groups excluding carboxylic acids is 2. The molecule has 2 amide bonds. The summed E-state index contributed by atoms with van der Waals surface area (Å²) in [5.74, 6) is -2.56. The van der Waals surface area contributed by atoms with Crippen LogP contribution in [0.5, 0.6) is 11.5 Å². The molecular weight excluding hydrogens is 551 g/mol. The van der Waals surface area contributed by atoms with Crippen molar-refractivity contribution in [3.05, 3.63) is 59.8 Å². The third kappa shape index (κ3) is 7.42. The largest absolute Gasteiger partial charge is 0.506 e. The van der Waals surface area contributed by atoms with Crippen molar-refractivity contribution in [1.29, 1.82) is 0 Å². The number of alkyl halides is 3. The fourth-order valence-corrected chi connectivity index (χ4v) is 4.30. The van der Waals surface area contributed by atoms with Gasteiger partial charge in [0.25, 0.3) is 0 Å². The van der Waals surface area contributed by atoms with E-state index in [0.29, 0.717) is 35.1 Å². The highest BCUT2D eigenvalue weighted by molar-refractivity contribution is 6.09. The Morgan fingerprint density at radius 2 is 1.67 bits per heavy atom. The number of phenolic OH excluding ortho intramolecular Hbond substituents is 1. The number of ether oxygens (including phenoxy) is 1. The van der Waals surface area contributed by atoms with Crippen LogP contribution in [0.1, 0.15) is 39.0 Å². The molecule has 42 heavy (non-hydrogen) atoms. The number of rotatable bonds is 11. The van der Waals surface area contributed by atoms with Gasteiger partial charge in [0, 0.05) is 25.1 Å². The molecule has 0 fully saturated rings. The Labute approximate surface area is 243 Å². The van der Waals surface area contributed by atoms with Gasteiger partial charge in [0.15, 0.2) is 6.73 Å². The van der Waals surface area contributed by atoms with E-state index in [1.165, 1.54) is 13.0 Å². The molecule has 9 nitrogen and oxygen atoms in total. The minimum Gasteiger partial charge on any atom is -0.506 e. The van der Waals surface area contributed by atoms with E-state index in [-0.39, 0.29) is 40.9 Å². The molecule has 1 heterocycles. The monoisotopic (exact) mass is 587 g/mol. The molecule has 0 radical (unpaired) electrons. The van der Waals surface area contributed by atoms with Gasteiger partial charge >= 0.3 is 12.1 Å². The summed E-state index contributed by atoms with van der Waals surface area (Å²) < 4.78 is 48.1. The Bertz CT molecular complexity index is 1390. The van der Waals surface area contributed by atoms with Gasteiger partial charge in [-0.05, 0) is 57.5 Å². The summed E-state index contributed by atoms with van der Waals surface area (Å²) in [6, 6.07) is 12.6. The van der Waals surface area contributed by atoms with Crippen molar-refractivity contribution in [3.63, 3.8) is 0 Å². The van der Waals surface area contributed by atoms with Crippen LogP contribution in [0, 0.1) is 19.8 Å². The number of hydrogen-bond acceptors (Lipinski definition) is 7. The minimum atomic E-state index is -5.28. The zero-order chi connectivity index (χ0) is 31.2. The van der Waals surface area contributed by atoms with Gasteiger partial charge in [0.2, 0.25) is 5.91 Å². The third-order valence-electron chi connectivity index (χ3n) is 6.48. The van der Waals surface area contributed by atoms with Gasteiger partial charge in [-0.3, -0.25) is 14.5 Å². The average Bonchev–Trinajstić information content (AvgIpc) is 2.92. The lowest BCUT2D eigenvalue weighted by atomic mass is 10.1. The molecule has 12 heteroatoms. The number of aryl methyl sites for hydroxylation is 2. The molecule has 0 saturated carbocycles. The molecule has 0 aliphatic carbocycles. The highest BCUT2D eigenvalue weighted by Crippen LogP contribution is 2.43. The smallest absolute Gasteiger partial charge is 0.472 e. The number of nitrogens with zero attached hydrogens (tertiary/aromatic N) is 3. The number of pyridine rings is 1. The SMILES string of the molecule is CCN(CC)c1cc(C)c(N(C(=O)C(F)(F)F)c2cc(NCOc3ccccc3)c(O)cc2NC(=O)C(C)C)c(C)n1. The van der Waals surface area contributed by atoms with Gasteiger partial charge < -0.3 is 25.4 Å². The molecule has 0 atom stereocenters. The Balaban J connectivity index is 2.21. The fraction of sp³-hybridized carbons (Fsp3) is 0.367. The first-order valence-electron chi connectivity index (χ1n) is 13.5. The minimum absolute atomic E-state index is 0.0218. The van der Waals surface area contributed by atoms with Crippen molar-refractivity contribution < 1.29 is 32.6 Å². The number of aromatic nitrogens is 1. The molecule has 2 aromatic carbocycles. The molecule has 0 unspecified atom stereocenters. The molecule has 0 saturated heterocycles. The van der Waals surface area contributed by atoms with Crippen LogP contribution < -0.4 is 25.2 Å². The maximum absolute atomic E-state index is 14.2. The van der Waals surface area contributed by atoms with Crippen LogP contribution in [0.4, 0.5) is 41.7 Å². The van der Waals surface area contributed by atoms with Crippen LogP contribution in [0.2, 0.25) is 0 Å². The average molecular weight is 588 g/mol. The second-order valence-electron chi connectivity index (χ2n) is 9.85.